The maximum absolute atomic E-state index is 13.5. The van der Waals surface area contributed by atoms with Crippen molar-refractivity contribution in [3.8, 4) is 5.75 Å². The second-order valence-corrected chi connectivity index (χ2v) is 7.89. The molecule has 0 atom stereocenters. The molecule has 0 aromatic heterocycles. The lowest BCUT2D eigenvalue weighted by Gasteiger charge is -2.27. The first-order chi connectivity index (χ1) is 15.6. The number of methoxy groups -OCH3 is 1. The Kier molecular flexibility index (Phi) is 6.87. The van der Waals surface area contributed by atoms with Gasteiger partial charge in [-0.1, -0.05) is 36.4 Å². The van der Waals surface area contributed by atoms with Crippen molar-refractivity contribution in [2.75, 3.05) is 58.5 Å². The second-order valence-electron chi connectivity index (χ2n) is 7.89. The summed E-state index contributed by atoms with van der Waals surface area (Å²) in [5, 5.41) is 0. The lowest BCUT2D eigenvalue weighted by atomic mass is 10.0. The number of carbonyl (C=O) groups excluding carboxylic acids is 2. The van der Waals surface area contributed by atoms with E-state index in [2.05, 4.69) is 4.90 Å². The van der Waals surface area contributed by atoms with E-state index in [-0.39, 0.29) is 11.8 Å². The molecule has 4 rings (SSSR count). The maximum Gasteiger partial charge on any atom is 0.278 e. The number of para-hydroxylation sites is 2. The predicted octanol–water partition coefficient (Wildman–Crippen LogP) is 2.63. The van der Waals surface area contributed by atoms with Gasteiger partial charge >= 0.3 is 0 Å². The number of amides is 2. The van der Waals surface area contributed by atoms with Crippen LogP contribution in [0.25, 0.3) is 5.57 Å². The van der Waals surface area contributed by atoms with Gasteiger partial charge in [-0.25, -0.2) is 0 Å². The molecule has 2 aromatic rings. The first-order valence-electron chi connectivity index (χ1n) is 10.9. The summed E-state index contributed by atoms with van der Waals surface area (Å²) in [6.45, 7) is 4.43. The fraction of sp³-hybridized carbons (Fsp3) is 0.360. The lowest BCUT2D eigenvalue weighted by Crippen LogP contribution is -2.40. The topological polar surface area (TPSA) is 62.3 Å². The highest BCUT2D eigenvalue weighted by molar-refractivity contribution is 6.37. The zero-order valence-electron chi connectivity index (χ0n) is 18.6. The third-order valence-electron chi connectivity index (χ3n) is 5.96. The first kappa shape index (κ1) is 22.0. The van der Waals surface area contributed by atoms with Crippen LogP contribution in [0.2, 0.25) is 0 Å². The van der Waals surface area contributed by atoms with Gasteiger partial charge in [-0.15, -0.1) is 0 Å². The Hall–Kier alpha value is -3.16. The minimum Gasteiger partial charge on any atom is -0.496 e. The molecule has 1 fully saturated rings. The Balaban J connectivity index is 1.64. The van der Waals surface area contributed by atoms with Crippen LogP contribution < -0.4 is 9.64 Å². The standard InChI is InChI=1S/C25H29N3O4/c1-26(19-9-4-3-5-10-19)23-22(20-11-6-7-12-21(20)31-2)24(29)28(25(23)30)14-8-13-27-15-17-32-18-16-27/h3-7,9-12H,8,13-18H2,1-2H3. The van der Waals surface area contributed by atoms with E-state index in [0.717, 1.165) is 45.0 Å². The summed E-state index contributed by atoms with van der Waals surface area (Å²) >= 11 is 0. The van der Waals surface area contributed by atoms with Crippen LogP contribution >= 0.6 is 0 Å². The van der Waals surface area contributed by atoms with Crippen molar-refractivity contribution in [3.05, 3.63) is 65.9 Å². The monoisotopic (exact) mass is 435 g/mol. The van der Waals surface area contributed by atoms with Crippen LogP contribution in [0.1, 0.15) is 12.0 Å². The fourth-order valence-electron chi connectivity index (χ4n) is 4.23. The van der Waals surface area contributed by atoms with Gasteiger partial charge in [0, 0.05) is 44.5 Å². The molecular formula is C25H29N3O4. The lowest BCUT2D eigenvalue weighted by molar-refractivity contribution is -0.137. The number of nitrogens with zero attached hydrogens (tertiary/aromatic N) is 3. The summed E-state index contributed by atoms with van der Waals surface area (Å²) in [4.78, 5) is 32.5. The molecule has 2 amide bonds. The third kappa shape index (κ3) is 4.40. The Morgan fingerprint density at radius 3 is 2.34 bits per heavy atom. The molecule has 2 aromatic carbocycles. The van der Waals surface area contributed by atoms with Gasteiger partial charge in [0.2, 0.25) is 0 Å². The molecule has 2 aliphatic heterocycles. The first-order valence-corrected chi connectivity index (χ1v) is 10.9. The quantitative estimate of drug-likeness (QED) is 0.594. The Bertz CT molecular complexity index is 999. The Morgan fingerprint density at radius 1 is 0.938 bits per heavy atom. The molecule has 2 heterocycles. The van der Waals surface area contributed by atoms with E-state index in [1.807, 2.05) is 55.6 Å². The van der Waals surface area contributed by atoms with Crippen LogP contribution in [0.15, 0.2) is 60.3 Å². The van der Waals surface area contributed by atoms with Crippen LogP contribution in [-0.4, -0.2) is 75.2 Å². The number of likely N-dealkylation sites (N-methyl/N-ethyl adjacent to an activating group) is 1. The molecule has 32 heavy (non-hydrogen) atoms. The average molecular weight is 436 g/mol. The van der Waals surface area contributed by atoms with Gasteiger partial charge in [-0.05, 0) is 24.6 Å². The zero-order valence-corrected chi connectivity index (χ0v) is 18.6. The highest BCUT2D eigenvalue weighted by Gasteiger charge is 2.41. The van der Waals surface area contributed by atoms with E-state index in [4.69, 9.17) is 9.47 Å². The van der Waals surface area contributed by atoms with Gasteiger partial charge in [-0.2, -0.15) is 0 Å². The molecule has 7 heteroatoms. The van der Waals surface area contributed by atoms with Crippen LogP contribution in [-0.2, 0) is 14.3 Å². The normalized spacial score (nSPS) is 17.2. The van der Waals surface area contributed by atoms with E-state index in [0.29, 0.717) is 29.1 Å². The van der Waals surface area contributed by atoms with Crippen LogP contribution in [0.3, 0.4) is 0 Å². The molecule has 0 aliphatic carbocycles. The number of hydrogen-bond donors (Lipinski definition) is 0. The van der Waals surface area contributed by atoms with Crippen LogP contribution in [0, 0.1) is 0 Å². The van der Waals surface area contributed by atoms with E-state index >= 15 is 0 Å². The number of rotatable bonds is 8. The van der Waals surface area contributed by atoms with Crippen molar-refractivity contribution in [2.24, 2.45) is 0 Å². The molecule has 0 bridgehead atoms. The molecule has 0 N–H and O–H groups in total. The molecule has 0 spiro atoms. The van der Waals surface area contributed by atoms with Crippen molar-refractivity contribution in [2.45, 2.75) is 6.42 Å². The summed E-state index contributed by atoms with van der Waals surface area (Å²) in [5.74, 6) is 0.0151. The summed E-state index contributed by atoms with van der Waals surface area (Å²) in [5.41, 5.74) is 2.22. The third-order valence-corrected chi connectivity index (χ3v) is 5.96. The molecule has 1 saturated heterocycles. The molecule has 0 radical (unpaired) electrons. The zero-order chi connectivity index (χ0) is 22.5. The van der Waals surface area contributed by atoms with Crippen LogP contribution in [0.5, 0.6) is 5.75 Å². The van der Waals surface area contributed by atoms with Gasteiger partial charge in [0.15, 0.2) is 0 Å². The molecule has 0 unspecified atom stereocenters. The average Bonchev–Trinajstić information content (AvgIpc) is 3.09. The summed E-state index contributed by atoms with van der Waals surface area (Å²) in [7, 11) is 3.39. The number of imide groups is 1. The molecule has 2 aliphatic rings. The number of ether oxygens (including phenoxy) is 2. The fourth-order valence-corrected chi connectivity index (χ4v) is 4.23. The summed E-state index contributed by atoms with van der Waals surface area (Å²) in [6.07, 6.45) is 0.721. The van der Waals surface area contributed by atoms with Crippen molar-refractivity contribution < 1.29 is 19.1 Å². The molecule has 168 valence electrons. The number of hydrogen-bond acceptors (Lipinski definition) is 6. The van der Waals surface area contributed by atoms with Gasteiger partial charge in [0.25, 0.3) is 11.8 Å². The van der Waals surface area contributed by atoms with Gasteiger partial charge in [0.05, 0.1) is 25.9 Å². The molecule has 0 saturated carbocycles. The minimum atomic E-state index is -0.278. The van der Waals surface area contributed by atoms with Gasteiger partial charge < -0.3 is 14.4 Å². The highest BCUT2D eigenvalue weighted by atomic mass is 16.5. The molecule has 7 nitrogen and oxygen atoms in total. The SMILES string of the molecule is COc1ccccc1C1=C(N(C)c2ccccc2)C(=O)N(CCCN2CCOCC2)C1=O. The maximum atomic E-state index is 13.5. The van der Waals surface area contributed by atoms with E-state index in [9.17, 15) is 9.59 Å². The van der Waals surface area contributed by atoms with Crippen molar-refractivity contribution in [3.63, 3.8) is 0 Å². The van der Waals surface area contributed by atoms with Gasteiger partial charge in [-0.3, -0.25) is 19.4 Å². The van der Waals surface area contributed by atoms with Crippen LogP contribution in [0.4, 0.5) is 5.69 Å². The van der Waals surface area contributed by atoms with E-state index in [1.165, 1.54) is 4.90 Å². The summed E-state index contributed by atoms with van der Waals surface area (Å²) in [6, 6.07) is 16.9. The van der Waals surface area contributed by atoms with E-state index < -0.39 is 0 Å². The summed E-state index contributed by atoms with van der Waals surface area (Å²) < 4.78 is 10.9. The number of anilines is 1. The van der Waals surface area contributed by atoms with Gasteiger partial charge in [0.1, 0.15) is 11.4 Å². The predicted molar refractivity (Wildman–Crippen MR) is 123 cm³/mol. The Morgan fingerprint density at radius 2 is 1.62 bits per heavy atom. The Labute approximate surface area is 188 Å². The number of carbonyl (C=O) groups is 2. The van der Waals surface area contributed by atoms with Crippen molar-refractivity contribution >= 4 is 23.1 Å². The largest absolute Gasteiger partial charge is 0.496 e. The van der Waals surface area contributed by atoms with Crippen molar-refractivity contribution in [1.82, 2.24) is 9.80 Å². The molecular weight excluding hydrogens is 406 g/mol. The number of benzene rings is 2. The highest BCUT2D eigenvalue weighted by Crippen LogP contribution is 2.37. The van der Waals surface area contributed by atoms with E-state index in [1.54, 1.807) is 18.1 Å². The smallest absolute Gasteiger partial charge is 0.278 e. The minimum absolute atomic E-state index is 0.274. The number of morpholine rings is 1. The van der Waals surface area contributed by atoms with Crippen molar-refractivity contribution in [1.29, 1.82) is 0 Å². The second kappa shape index (κ2) is 9.97.